The van der Waals surface area contributed by atoms with E-state index in [4.69, 9.17) is 10.4 Å². The summed E-state index contributed by atoms with van der Waals surface area (Å²) >= 11 is 0. The molecule has 0 spiro atoms. The number of nitrogens with zero attached hydrogens (tertiary/aromatic N) is 3. The average molecular weight is 259 g/mol. The first-order chi connectivity index (χ1) is 9.17. The van der Waals surface area contributed by atoms with E-state index in [2.05, 4.69) is 11.0 Å². The Hall–Kier alpha value is -1.90. The fourth-order valence-electron chi connectivity index (χ4n) is 2.24. The van der Waals surface area contributed by atoms with Gasteiger partial charge in [-0.15, -0.1) is 0 Å². The second-order valence-corrected chi connectivity index (χ2v) is 4.75. The maximum Gasteiger partial charge on any atom is 0.317 e. The molecule has 1 fully saturated rings. The summed E-state index contributed by atoms with van der Waals surface area (Å²) in [5.74, 6) is -0.763. The summed E-state index contributed by atoms with van der Waals surface area (Å²) < 4.78 is 0. The Kier molecular flexibility index (Phi) is 4.50. The van der Waals surface area contributed by atoms with Gasteiger partial charge < -0.3 is 5.11 Å². The van der Waals surface area contributed by atoms with E-state index in [-0.39, 0.29) is 6.54 Å². The summed E-state index contributed by atoms with van der Waals surface area (Å²) in [6, 6.07) is 9.71. The zero-order valence-electron chi connectivity index (χ0n) is 10.7. The summed E-state index contributed by atoms with van der Waals surface area (Å²) in [7, 11) is 0. The molecule has 5 heteroatoms. The number of hydrogen-bond acceptors (Lipinski definition) is 4. The monoisotopic (exact) mass is 259 g/mol. The van der Waals surface area contributed by atoms with Crippen molar-refractivity contribution < 1.29 is 9.90 Å². The smallest absolute Gasteiger partial charge is 0.317 e. The molecule has 2 rings (SSSR count). The summed E-state index contributed by atoms with van der Waals surface area (Å²) in [4.78, 5) is 14.9. The van der Waals surface area contributed by atoms with Crippen LogP contribution in [-0.2, 0) is 11.3 Å². The van der Waals surface area contributed by atoms with Gasteiger partial charge in [0.2, 0.25) is 0 Å². The van der Waals surface area contributed by atoms with E-state index in [1.165, 1.54) is 5.56 Å². The molecule has 0 unspecified atom stereocenters. The molecule has 1 N–H and O–H groups in total. The predicted octanol–water partition coefficient (Wildman–Crippen LogP) is 0.760. The third-order valence-corrected chi connectivity index (χ3v) is 3.31. The Labute approximate surface area is 112 Å². The molecule has 0 saturated carbocycles. The van der Waals surface area contributed by atoms with E-state index < -0.39 is 5.97 Å². The van der Waals surface area contributed by atoms with Gasteiger partial charge >= 0.3 is 5.97 Å². The minimum Gasteiger partial charge on any atom is -0.480 e. The molecule has 5 nitrogen and oxygen atoms in total. The SMILES string of the molecule is N#Cc1ccc(CN2CCN(CC(=O)O)CC2)cc1. The zero-order chi connectivity index (χ0) is 13.7. The Morgan fingerprint density at radius 3 is 2.26 bits per heavy atom. The third kappa shape index (κ3) is 4.05. The molecule has 1 aliphatic heterocycles. The van der Waals surface area contributed by atoms with E-state index in [1.807, 2.05) is 29.2 Å². The van der Waals surface area contributed by atoms with Crippen LogP contribution in [0, 0.1) is 11.3 Å². The standard InChI is InChI=1S/C14H17N3O2/c15-9-12-1-3-13(4-2-12)10-16-5-7-17(8-6-16)11-14(18)19/h1-4H,5-8,10-11H2,(H,18,19). The van der Waals surface area contributed by atoms with Gasteiger partial charge in [-0.2, -0.15) is 5.26 Å². The van der Waals surface area contributed by atoms with Crippen molar-refractivity contribution in [3.8, 4) is 6.07 Å². The first-order valence-electron chi connectivity index (χ1n) is 6.33. The lowest BCUT2D eigenvalue weighted by atomic mass is 10.1. The first-order valence-corrected chi connectivity index (χ1v) is 6.33. The quantitative estimate of drug-likeness (QED) is 0.864. The van der Waals surface area contributed by atoms with Gasteiger partial charge in [-0.25, -0.2) is 0 Å². The molecule has 1 heterocycles. The van der Waals surface area contributed by atoms with Gasteiger partial charge in [0.05, 0.1) is 18.2 Å². The van der Waals surface area contributed by atoms with Gasteiger partial charge in [0.1, 0.15) is 0 Å². The van der Waals surface area contributed by atoms with Crippen LogP contribution in [0.2, 0.25) is 0 Å². The predicted molar refractivity (Wildman–Crippen MR) is 70.5 cm³/mol. The fourth-order valence-corrected chi connectivity index (χ4v) is 2.24. The van der Waals surface area contributed by atoms with E-state index in [0.29, 0.717) is 5.56 Å². The lowest BCUT2D eigenvalue weighted by Gasteiger charge is -2.33. The maximum atomic E-state index is 10.6. The Morgan fingerprint density at radius 1 is 1.16 bits per heavy atom. The Balaban J connectivity index is 1.82. The van der Waals surface area contributed by atoms with Crippen LogP contribution in [0.5, 0.6) is 0 Å². The molecule has 1 aliphatic rings. The molecule has 0 bridgehead atoms. The minimum atomic E-state index is -0.763. The van der Waals surface area contributed by atoms with E-state index in [1.54, 1.807) is 0 Å². The van der Waals surface area contributed by atoms with Crippen molar-refractivity contribution in [1.82, 2.24) is 9.80 Å². The van der Waals surface area contributed by atoms with Gasteiger partial charge in [0.25, 0.3) is 0 Å². The molecular formula is C14H17N3O2. The maximum absolute atomic E-state index is 10.6. The van der Waals surface area contributed by atoms with Crippen LogP contribution < -0.4 is 0 Å². The van der Waals surface area contributed by atoms with E-state index in [9.17, 15) is 4.79 Å². The third-order valence-electron chi connectivity index (χ3n) is 3.31. The molecule has 1 aromatic rings. The lowest BCUT2D eigenvalue weighted by molar-refractivity contribution is -0.138. The van der Waals surface area contributed by atoms with Crippen LogP contribution in [0.3, 0.4) is 0 Å². The highest BCUT2D eigenvalue weighted by Crippen LogP contribution is 2.09. The van der Waals surface area contributed by atoms with E-state index in [0.717, 1.165) is 32.7 Å². The van der Waals surface area contributed by atoms with Gasteiger partial charge in [-0.3, -0.25) is 14.6 Å². The van der Waals surface area contributed by atoms with Crippen molar-refractivity contribution in [3.63, 3.8) is 0 Å². The second kappa shape index (κ2) is 6.32. The van der Waals surface area contributed by atoms with Crippen molar-refractivity contribution in [2.24, 2.45) is 0 Å². The van der Waals surface area contributed by atoms with Gasteiger partial charge in [0.15, 0.2) is 0 Å². The number of benzene rings is 1. The Morgan fingerprint density at radius 2 is 1.74 bits per heavy atom. The van der Waals surface area contributed by atoms with Crippen molar-refractivity contribution in [1.29, 1.82) is 5.26 Å². The molecule has 1 aromatic carbocycles. The molecule has 1 saturated heterocycles. The van der Waals surface area contributed by atoms with Crippen LogP contribution >= 0.6 is 0 Å². The van der Waals surface area contributed by atoms with E-state index >= 15 is 0 Å². The summed E-state index contributed by atoms with van der Waals surface area (Å²) in [5.41, 5.74) is 1.86. The highest BCUT2D eigenvalue weighted by atomic mass is 16.4. The minimum absolute atomic E-state index is 0.130. The molecule has 0 aliphatic carbocycles. The van der Waals surface area contributed by atoms with Crippen LogP contribution in [-0.4, -0.2) is 53.6 Å². The highest BCUT2D eigenvalue weighted by molar-refractivity contribution is 5.69. The number of carboxylic acid groups (broad SMARTS) is 1. The number of carboxylic acids is 1. The molecular weight excluding hydrogens is 242 g/mol. The molecule has 0 amide bonds. The summed E-state index contributed by atoms with van der Waals surface area (Å²) in [6.07, 6.45) is 0. The van der Waals surface area contributed by atoms with Crippen LogP contribution in [0.15, 0.2) is 24.3 Å². The number of piperazine rings is 1. The molecule has 100 valence electrons. The zero-order valence-corrected chi connectivity index (χ0v) is 10.7. The number of carbonyl (C=O) groups is 1. The van der Waals surface area contributed by atoms with Gasteiger partial charge in [-0.1, -0.05) is 12.1 Å². The number of nitriles is 1. The van der Waals surface area contributed by atoms with Crippen molar-refractivity contribution in [3.05, 3.63) is 35.4 Å². The summed E-state index contributed by atoms with van der Waals surface area (Å²) in [6.45, 7) is 4.34. The fraction of sp³-hybridized carbons (Fsp3) is 0.429. The van der Waals surface area contributed by atoms with Crippen molar-refractivity contribution in [2.75, 3.05) is 32.7 Å². The first kappa shape index (κ1) is 13.5. The lowest BCUT2D eigenvalue weighted by Crippen LogP contribution is -2.47. The van der Waals surface area contributed by atoms with Crippen molar-refractivity contribution in [2.45, 2.75) is 6.54 Å². The number of hydrogen-bond donors (Lipinski definition) is 1. The number of aliphatic carboxylic acids is 1. The molecule has 0 radical (unpaired) electrons. The molecule has 0 aromatic heterocycles. The number of rotatable bonds is 4. The summed E-state index contributed by atoms with van der Waals surface area (Å²) in [5, 5.41) is 17.5. The van der Waals surface area contributed by atoms with Crippen LogP contribution in [0.4, 0.5) is 0 Å². The highest BCUT2D eigenvalue weighted by Gasteiger charge is 2.18. The van der Waals surface area contributed by atoms with Crippen LogP contribution in [0.1, 0.15) is 11.1 Å². The molecule has 19 heavy (non-hydrogen) atoms. The second-order valence-electron chi connectivity index (χ2n) is 4.75. The van der Waals surface area contributed by atoms with Gasteiger partial charge in [0, 0.05) is 32.7 Å². The topological polar surface area (TPSA) is 67.6 Å². The average Bonchev–Trinajstić information content (AvgIpc) is 2.41. The van der Waals surface area contributed by atoms with Crippen LogP contribution in [0.25, 0.3) is 0 Å². The molecule has 0 atom stereocenters. The van der Waals surface area contributed by atoms with Crippen molar-refractivity contribution >= 4 is 5.97 Å². The normalized spacial score (nSPS) is 17.0. The van der Waals surface area contributed by atoms with Gasteiger partial charge in [-0.05, 0) is 17.7 Å². The Bertz CT molecular complexity index is 470. The largest absolute Gasteiger partial charge is 0.480 e.